The molecule has 0 saturated carbocycles. The molecule has 0 radical (unpaired) electrons. The number of carboxylic acids is 1. The molecule has 34 heavy (non-hydrogen) atoms. The molecule has 7 nitrogen and oxygen atoms in total. The Morgan fingerprint density at radius 1 is 0.941 bits per heavy atom. The summed E-state index contributed by atoms with van der Waals surface area (Å²) in [6, 6.07) is 15.3. The smallest absolute Gasteiger partial charge is 0.407 e. The van der Waals surface area contributed by atoms with Gasteiger partial charge in [-0.15, -0.1) is 0 Å². The van der Waals surface area contributed by atoms with E-state index in [-0.39, 0.29) is 30.9 Å². The van der Waals surface area contributed by atoms with E-state index in [1.807, 2.05) is 38.1 Å². The summed E-state index contributed by atoms with van der Waals surface area (Å²) < 4.78 is 5.60. The Labute approximate surface area is 200 Å². The minimum Gasteiger partial charge on any atom is -0.481 e. The zero-order valence-corrected chi connectivity index (χ0v) is 19.9. The predicted octanol–water partition coefficient (Wildman–Crippen LogP) is 4.84. The molecule has 0 bridgehead atoms. The molecule has 3 N–H and O–H groups in total. The van der Waals surface area contributed by atoms with Crippen molar-refractivity contribution in [1.29, 1.82) is 0 Å². The van der Waals surface area contributed by atoms with E-state index < -0.39 is 18.1 Å². The number of carbonyl (C=O) groups is 3. The van der Waals surface area contributed by atoms with Crippen LogP contribution in [0.5, 0.6) is 0 Å². The number of amides is 2. The van der Waals surface area contributed by atoms with Gasteiger partial charge in [-0.3, -0.25) is 9.59 Å². The lowest BCUT2D eigenvalue weighted by molar-refractivity contribution is -0.137. The van der Waals surface area contributed by atoms with Crippen LogP contribution in [-0.2, 0) is 14.3 Å². The lowest BCUT2D eigenvalue weighted by atomic mass is 9.98. The highest BCUT2D eigenvalue weighted by Gasteiger charge is 2.30. The van der Waals surface area contributed by atoms with Crippen LogP contribution in [0.3, 0.4) is 0 Å². The Morgan fingerprint density at radius 2 is 1.56 bits per heavy atom. The molecule has 0 aliphatic heterocycles. The van der Waals surface area contributed by atoms with E-state index in [4.69, 9.17) is 9.84 Å². The van der Waals surface area contributed by atoms with Crippen LogP contribution in [0.25, 0.3) is 11.1 Å². The van der Waals surface area contributed by atoms with Gasteiger partial charge in [0.15, 0.2) is 0 Å². The zero-order chi connectivity index (χ0) is 24.5. The van der Waals surface area contributed by atoms with Crippen molar-refractivity contribution in [2.45, 2.75) is 70.4 Å². The van der Waals surface area contributed by atoms with E-state index in [9.17, 15) is 14.4 Å². The maximum atomic E-state index is 12.9. The number of aliphatic carboxylic acids is 1. The highest BCUT2D eigenvalue weighted by atomic mass is 16.5. The molecule has 0 fully saturated rings. The van der Waals surface area contributed by atoms with Gasteiger partial charge in [0.05, 0.1) is 0 Å². The lowest BCUT2D eigenvalue weighted by Crippen LogP contribution is -2.49. The molecule has 1 aliphatic carbocycles. The molecule has 1 aliphatic rings. The molecule has 1 unspecified atom stereocenters. The molecule has 0 spiro atoms. The van der Waals surface area contributed by atoms with Crippen LogP contribution in [0.1, 0.15) is 69.4 Å². The number of nitrogens with one attached hydrogen (secondary N) is 2. The second kappa shape index (κ2) is 12.2. The van der Waals surface area contributed by atoms with Gasteiger partial charge in [-0.25, -0.2) is 4.79 Å². The van der Waals surface area contributed by atoms with Crippen molar-refractivity contribution in [2.75, 3.05) is 6.61 Å². The summed E-state index contributed by atoms with van der Waals surface area (Å²) in [7, 11) is 0. The van der Waals surface area contributed by atoms with E-state index in [0.29, 0.717) is 19.3 Å². The number of alkyl carbamates (subject to hydrolysis) is 1. The average molecular weight is 467 g/mol. The number of carboxylic acid groups (broad SMARTS) is 1. The molecule has 2 atom stereocenters. The fourth-order valence-electron chi connectivity index (χ4n) is 4.44. The Bertz CT molecular complexity index is 961. The summed E-state index contributed by atoms with van der Waals surface area (Å²) in [6.07, 6.45) is 2.46. The van der Waals surface area contributed by atoms with E-state index in [2.05, 4.69) is 34.9 Å². The van der Waals surface area contributed by atoms with Gasteiger partial charge in [-0.1, -0.05) is 75.2 Å². The highest BCUT2D eigenvalue weighted by molar-refractivity contribution is 5.86. The molecule has 2 aromatic rings. The number of unbranched alkanes of at least 4 members (excludes halogenated alkanes) is 1. The van der Waals surface area contributed by atoms with Crippen LogP contribution in [0.4, 0.5) is 4.79 Å². The third-order valence-electron chi connectivity index (χ3n) is 6.34. The molecule has 182 valence electrons. The van der Waals surface area contributed by atoms with Crippen LogP contribution in [0.15, 0.2) is 48.5 Å². The van der Waals surface area contributed by atoms with Gasteiger partial charge >= 0.3 is 12.1 Å². The van der Waals surface area contributed by atoms with Gasteiger partial charge in [-0.05, 0) is 41.5 Å². The summed E-state index contributed by atoms with van der Waals surface area (Å²) in [6.45, 7) is 4.09. The molecular weight excluding hydrogens is 432 g/mol. The molecule has 0 aromatic heterocycles. The van der Waals surface area contributed by atoms with Crippen LogP contribution in [0, 0.1) is 0 Å². The van der Waals surface area contributed by atoms with Gasteiger partial charge in [0.2, 0.25) is 5.91 Å². The number of ether oxygens (including phenoxy) is 1. The second-order valence-corrected chi connectivity index (χ2v) is 8.71. The number of benzene rings is 2. The fraction of sp³-hybridized carbons (Fsp3) is 0.444. The van der Waals surface area contributed by atoms with Crippen LogP contribution in [0.2, 0.25) is 0 Å². The SMILES string of the molecule is CCCC[C@H](NC(=O)OCC1c2ccccc2-c2ccccc21)C(=O)NC(CC)CCC(=O)O. The van der Waals surface area contributed by atoms with Gasteiger partial charge < -0.3 is 20.5 Å². The van der Waals surface area contributed by atoms with E-state index in [1.54, 1.807) is 0 Å². The predicted molar refractivity (Wildman–Crippen MR) is 131 cm³/mol. The first-order chi connectivity index (χ1) is 16.4. The van der Waals surface area contributed by atoms with E-state index in [1.165, 1.54) is 0 Å². The first-order valence-corrected chi connectivity index (χ1v) is 12.1. The molecule has 3 rings (SSSR count). The third-order valence-corrected chi connectivity index (χ3v) is 6.34. The normalized spacial score (nSPS) is 13.9. The number of carbonyl (C=O) groups excluding carboxylic acids is 2. The second-order valence-electron chi connectivity index (χ2n) is 8.71. The lowest BCUT2D eigenvalue weighted by Gasteiger charge is -2.23. The summed E-state index contributed by atoms with van der Waals surface area (Å²) in [5.74, 6) is -1.26. The number of fused-ring (bicyclic) bond motifs is 3. The maximum absolute atomic E-state index is 12.9. The molecule has 7 heteroatoms. The Hall–Kier alpha value is -3.35. The minimum atomic E-state index is -0.896. The van der Waals surface area contributed by atoms with Crippen LogP contribution >= 0.6 is 0 Å². The van der Waals surface area contributed by atoms with Crippen molar-refractivity contribution in [3.63, 3.8) is 0 Å². The van der Waals surface area contributed by atoms with Gasteiger partial charge in [-0.2, -0.15) is 0 Å². The number of hydrogen-bond acceptors (Lipinski definition) is 4. The quantitative estimate of drug-likeness (QED) is 0.415. The maximum Gasteiger partial charge on any atom is 0.407 e. The van der Waals surface area contributed by atoms with E-state index in [0.717, 1.165) is 35.1 Å². The fourth-order valence-corrected chi connectivity index (χ4v) is 4.44. The topological polar surface area (TPSA) is 105 Å². The number of hydrogen-bond donors (Lipinski definition) is 3. The average Bonchev–Trinajstić information content (AvgIpc) is 3.16. The molecule has 2 amide bonds. The summed E-state index contributed by atoms with van der Waals surface area (Å²) >= 11 is 0. The Kier molecular flexibility index (Phi) is 9.08. The first-order valence-electron chi connectivity index (χ1n) is 12.1. The first kappa shape index (κ1) is 25.3. The summed E-state index contributed by atoms with van der Waals surface area (Å²) in [5, 5.41) is 14.5. The molecule has 0 heterocycles. The summed E-state index contributed by atoms with van der Waals surface area (Å²) in [4.78, 5) is 36.4. The van der Waals surface area contributed by atoms with Crippen molar-refractivity contribution in [3.8, 4) is 11.1 Å². The van der Waals surface area contributed by atoms with Gasteiger partial charge in [0.25, 0.3) is 0 Å². The van der Waals surface area contributed by atoms with Crippen LogP contribution < -0.4 is 10.6 Å². The highest BCUT2D eigenvalue weighted by Crippen LogP contribution is 2.44. The van der Waals surface area contributed by atoms with E-state index >= 15 is 0 Å². The van der Waals surface area contributed by atoms with Gasteiger partial charge in [0.1, 0.15) is 12.6 Å². The molecular formula is C27H34N2O5. The number of rotatable bonds is 12. The van der Waals surface area contributed by atoms with Crippen molar-refractivity contribution < 1.29 is 24.2 Å². The monoisotopic (exact) mass is 466 g/mol. The van der Waals surface area contributed by atoms with Crippen molar-refractivity contribution in [3.05, 3.63) is 59.7 Å². The van der Waals surface area contributed by atoms with Crippen molar-refractivity contribution in [1.82, 2.24) is 10.6 Å². The third kappa shape index (κ3) is 6.37. The Morgan fingerprint density at radius 3 is 2.12 bits per heavy atom. The minimum absolute atomic E-state index is 0.0157. The summed E-state index contributed by atoms with van der Waals surface area (Å²) in [5.41, 5.74) is 4.56. The molecule has 2 aromatic carbocycles. The standard InChI is InChI=1S/C27H34N2O5/c1-3-5-14-24(26(32)28-18(4-2)15-16-25(30)31)29-27(33)34-17-23-21-12-8-6-10-19(21)20-11-7-9-13-22(20)23/h6-13,18,23-24H,3-5,14-17H2,1-2H3,(H,28,32)(H,29,33)(H,30,31)/t18?,24-/m0/s1. The van der Waals surface area contributed by atoms with Crippen molar-refractivity contribution >= 4 is 18.0 Å². The van der Waals surface area contributed by atoms with Crippen LogP contribution in [-0.4, -0.2) is 41.8 Å². The van der Waals surface area contributed by atoms with Crippen molar-refractivity contribution in [2.24, 2.45) is 0 Å². The largest absolute Gasteiger partial charge is 0.481 e. The Balaban J connectivity index is 1.62. The molecule has 0 saturated heterocycles. The van der Waals surface area contributed by atoms with Gasteiger partial charge in [0, 0.05) is 18.4 Å². The zero-order valence-electron chi connectivity index (χ0n) is 19.9.